The van der Waals surface area contributed by atoms with E-state index in [1.165, 1.54) is 12.8 Å². The van der Waals surface area contributed by atoms with Gasteiger partial charge >= 0.3 is 0 Å². The zero-order valence-electron chi connectivity index (χ0n) is 15.3. The number of nitrogens with one attached hydrogen (secondary N) is 2. The van der Waals surface area contributed by atoms with E-state index in [0.717, 1.165) is 50.9 Å². The number of halogens is 1. The second-order valence-corrected chi connectivity index (χ2v) is 6.60. The van der Waals surface area contributed by atoms with Gasteiger partial charge in [0.15, 0.2) is 5.96 Å². The van der Waals surface area contributed by atoms with Crippen LogP contribution in [0.15, 0.2) is 27.8 Å². The topological polar surface area (TPSA) is 52.8 Å². The van der Waals surface area contributed by atoms with Gasteiger partial charge in [-0.2, -0.15) is 0 Å². The third kappa shape index (κ3) is 7.01. The molecule has 6 heteroatoms. The first-order valence-corrected chi connectivity index (χ1v) is 9.00. The fourth-order valence-electron chi connectivity index (χ4n) is 2.92. The van der Waals surface area contributed by atoms with Crippen LogP contribution >= 0.6 is 24.0 Å². The minimum atomic E-state index is 0. The van der Waals surface area contributed by atoms with E-state index in [2.05, 4.69) is 42.4 Å². The van der Waals surface area contributed by atoms with Gasteiger partial charge in [0.25, 0.3) is 0 Å². The zero-order chi connectivity index (χ0) is 16.5. The third-order valence-electron chi connectivity index (χ3n) is 4.23. The molecule has 24 heavy (non-hydrogen) atoms. The minimum Gasteiger partial charge on any atom is -0.468 e. The van der Waals surface area contributed by atoms with Gasteiger partial charge in [-0.15, -0.1) is 24.0 Å². The summed E-state index contributed by atoms with van der Waals surface area (Å²) < 4.78 is 5.66. The van der Waals surface area contributed by atoms with Gasteiger partial charge in [-0.3, -0.25) is 9.89 Å². The molecule has 2 rings (SSSR count). The monoisotopic (exact) mass is 448 g/mol. The maximum Gasteiger partial charge on any atom is 0.191 e. The zero-order valence-corrected chi connectivity index (χ0v) is 17.6. The van der Waals surface area contributed by atoms with Crippen molar-refractivity contribution in [3.63, 3.8) is 0 Å². The Labute approximate surface area is 163 Å². The summed E-state index contributed by atoms with van der Waals surface area (Å²) in [5.74, 6) is 2.63. The molecule has 1 aliphatic rings. The van der Waals surface area contributed by atoms with Gasteiger partial charge in [-0.25, -0.2) is 0 Å². The molecular weight excluding hydrogens is 415 g/mol. The van der Waals surface area contributed by atoms with E-state index >= 15 is 0 Å². The van der Waals surface area contributed by atoms with Crippen LogP contribution in [0.3, 0.4) is 0 Å². The minimum absolute atomic E-state index is 0. The van der Waals surface area contributed by atoms with Crippen LogP contribution in [0.25, 0.3) is 0 Å². The second-order valence-electron chi connectivity index (χ2n) is 6.60. The van der Waals surface area contributed by atoms with Crippen LogP contribution in [-0.2, 0) is 0 Å². The summed E-state index contributed by atoms with van der Waals surface area (Å²) in [4.78, 5) is 7.29. The molecule has 0 saturated carbocycles. The van der Waals surface area contributed by atoms with Gasteiger partial charge in [0, 0.05) is 13.1 Å². The Morgan fingerprint density at radius 1 is 1.29 bits per heavy atom. The molecular formula is C18H33IN4O. The van der Waals surface area contributed by atoms with E-state index in [0.29, 0.717) is 5.92 Å². The molecule has 1 aromatic heterocycles. The van der Waals surface area contributed by atoms with Gasteiger partial charge in [-0.05, 0) is 57.3 Å². The molecule has 1 saturated heterocycles. The summed E-state index contributed by atoms with van der Waals surface area (Å²) >= 11 is 0. The van der Waals surface area contributed by atoms with E-state index in [1.54, 1.807) is 6.26 Å². The molecule has 0 amide bonds. The van der Waals surface area contributed by atoms with Crippen LogP contribution in [0.5, 0.6) is 0 Å². The van der Waals surface area contributed by atoms with Gasteiger partial charge in [0.05, 0.1) is 18.8 Å². The summed E-state index contributed by atoms with van der Waals surface area (Å²) in [5.41, 5.74) is 0. The molecule has 0 aromatic carbocycles. The number of aliphatic imine (C=N–C) groups is 1. The molecule has 1 unspecified atom stereocenters. The lowest BCUT2D eigenvalue weighted by atomic mass is 10.1. The highest BCUT2D eigenvalue weighted by Crippen LogP contribution is 2.25. The molecule has 5 nitrogen and oxygen atoms in total. The SMILES string of the molecule is CCNC(=NCC(c1ccco1)N1CCCC1)NCCC(C)C.I. The van der Waals surface area contributed by atoms with Crippen LogP contribution in [0.2, 0.25) is 0 Å². The van der Waals surface area contributed by atoms with E-state index < -0.39 is 0 Å². The standard InChI is InChI=1S/C18H32N4O.HI/c1-4-19-18(20-10-9-15(2)3)21-14-16(17-8-7-13-23-17)22-11-5-6-12-22;/h7-8,13,15-16H,4-6,9-12,14H2,1-3H3,(H2,19,20,21);1H. The lowest BCUT2D eigenvalue weighted by molar-refractivity contribution is 0.221. The summed E-state index contributed by atoms with van der Waals surface area (Å²) in [7, 11) is 0. The largest absolute Gasteiger partial charge is 0.468 e. The first kappa shape index (κ1) is 21.3. The van der Waals surface area contributed by atoms with Crippen LogP contribution in [0.4, 0.5) is 0 Å². The molecule has 1 aromatic rings. The third-order valence-corrected chi connectivity index (χ3v) is 4.23. The number of nitrogens with zero attached hydrogens (tertiary/aromatic N) is 2. The Morgan fingerprint density at radius 2 is 2.04 bits per heavy atom. The Kier molecular flexibility index (Phi) is 10.4. The highest BCUT2D eigenvalue weighted by Gasteiger charge is 2.25. The molecule has 2 N–H and O–H groups in total. The number of likely N-dealkylation sites (tertiary alicyclic amines) is 1. The van der Waals surface area contributed by atoms with Crippen LogP contribution in [0.1, 0.15) is 51.8 Å². The Bertz CT molecular complexity index is 456. The molecule has 2 heterocycles. The number of hydrogen-bond acceptors (Lipinski definition) is 3. The maximum atomic E-state index is 5.66. The maximum absolute atomic E-state index is 5.66. The first-order valence-electron chi connectivity index (χ1n) is 9.00. The van der Waals surface area contributed by atoms with Crippen LogP contribution < -0.4 is 10.6 Å². The van der Waals surface area contributed by atoms with Crippen molar-refractivity contribution in [1.29, 1.82) is 0 Å². The van der Waals surface area contributed by atoms with Crippen molar-refractivity contribution < 1.29 is 4.42 Å². The van der Waals surface area contributed by atoms with Crippen molar-refractivity contribution in [3.8, 4) is 0 Å². The van der Waals surface area contributed by atoms with Crippen molar-refractivity contribution in [1.82, 2.24) is 15.5 Å². The Balaban J connectivity index is 0.00000288. The van der Waals surface area contributed by atoms with E-state index in [4.69, 9.17) is 9.41 Å². The summed E-state index contributed by atoms with van der Waals surface area (Å²) in [6.45, 7) is 11.4. The van der Waals surface area contributed by atoms with E-state index in [9.17, 15) is 0 Å². The summed E-state index contributed by atoms with van der Waals surface area (Å²) in [6.07, 6.45) is 5.45. The molecule has 0 radical (unpaired) electrons. The van der Waals surface area contributed by atoms with Crippen molar-refractivity contribution in [2.75, 3.05) is 32.7 Å². The number of rotatable bonds is 8. The molecule has 0 bridgehead atoms. The molecule has 1 fully saturated rings. The first-order chi connectivity index (χ1) is 11.2. The fourth-order valence-corrected chi connectivity index (χ4v) is 2.92. The number of furan rings is 1. The lowest BCUT2D eigenvalue weighted by Gasteiger charge is -2.24. The van der Waals surface area contributed by atoms with Crippen molar-refractivity contribution >= 4 is 29.9 Å². The summed E-state index contributed by atoms with van der Waals surface area (Å²) in [5, 5.41) is 6.77. The second kappa shape index (κ2) is 11.7. The van der Waals surface area contributed by atoms with Gasteiger partial charge < -0.3 is 15.1 Å². The Morgan fingerprint density at radius 3 is 2.62 bits per heavy atom. The van der Waals surface area contributed by atoms with Gasteiger partial charge in [0.1, 0.15) is 5.76 Å². The van der Waals surface area contributed by atoms with Crippen LogP contribution in [-0.4, -0.2) is 43.6 Å². The lowest BCUT2D eigenvalue weighted by Crippen LogP contribution is -2.39. The molecule has 138 valence electrons. The predicted molar refractivity (Wildman–Crippen MR) is 111 cm³/mol. The number of guanidine groups is 1. The van der Waals surface area contributed by atoms with Gasteiger partial charge in [-0.1, -0.05) is 13.8 Å². The Hall–Kier alpha value is -0.760. The highest BCUT2D eigenvalue weighted by atomic mass is 127. The molecule has 0 aliphatic carbocycles. The van der Waals surface area contributed by atoms with E-state index in [-0.39, 0.29) is 30.0 Å². The fraction of sp³-hybridized carbons (Fsp3) is 0.722. The normalized spacial score (nSPS) is 16.9. The predicted octanol–water partition coefficient (Wildman–Crippen LogP) is 3.64. The molecule has 1 atom stereocenters. The average Bonchev–Trinajstić information content (AvgIpc) is 3.21. The smallest absolute Gasteiger partial charge is 0.191 e. The van der Waals surface area contributed by atoms with Crippen molar-refractivity contribution in [3.05, 3.63) is 24.2 Å². The number of hydrogen-bond donors (Lipinski definition) is 2. The van der Waals surface area contributed by atoms with Crippen molar-refractivity contribution in [2.45, 2.75) is 46.1 Å². The van der Waals surface area contributed by atoms with E-state index in [1.807, 2.05) is 6.07 Å². The van der Waals surface area contributed by atoms with Crippen molar-refractivity contribution in [2.24, 2.45) is 10.9 Å². The molecule has 1 aliphatic heterocycles. The quantitative estimate of drug-likeness (QED) is 0.362. The molecule has 0 spiro atoms. The highest BCUT2D eigenvalue weighted by molar-refractivity contribution is 14.0. The average molecular weight is 448 g/mol. The van der Waals surface area contributed by atoms with Crippen LogP contribution in [0, 0.1) is 5.92 Å². The van der Waals surface area contributed by atoms with Gasteiger partial charge in [0.2, 0.25) is 0 Å². The summed E-state index contributed by atoms with van der Waals surface area (Å²) in [6, 6.07) is 4.28.